The topological polar surface area (TPSA) is 39.1 Å². The number of alkyl halides is 3. The zero-order valence-electron chi connectivity index (χ0n) is 11.1. The van der Waals surface area contributed by atoms with Gasteiger partial charge in [-0.15, -0.1) is 0 Å². The number of aromatic nitrogens is 2. The number of benzene rings is 1. The van der Waals surface area contributed by atoms with E-state index < -0.39 is 11.7 Å². The molecule has 7 heteroatoms. The monoisotopic (exact) mass is 297 g/mol. The zero-order chi connectivity index (χ0) is 14.9. The molecule has 0 amide bonds. The molecule has 0 bridgehead atoms. The Balaban J connectivity index is 1.73. The molecule has 1 saturated heterocycles. The van der Waals surface area contributed by atoms with Crippen LogP contribution in [0.4, 0.5) is 13.2 Å². The van der Waals surface area contributed by atoms with E-state index in [1.54, 1.807) is 12.4 Å². The van der Waals surface area contributed by atoms with Crippen molar-refractivity contribution in [2.45, 2.75) is 25.2 Å². The van der Waals surface area contributed by atoms with Gasteiger partial charge in [0.15, 0.2) is 5.75 Å². The summed E-state index contributed by atoms with van der Waals surface area (Å²) in [6, 6.07) is 4.84. The summed E-state index contributed by atoms with van der Waals surface area (Å²) in [5, 5.41) is 7.30. The highest BCUT2D eigenvalue weighted by atomic mass is 19.4. The van der Waals surface area contributed by atoms with Gasteiger partial charge < -0.3 is 4.74 Å². The van der Waals surface area contributed by atoms with Gasteiger partial charge in [-0.25, -0.2) is 4.68 Å². The van der Waals surface area contributed by atoms with Crippen LogP contribution in [0.25, 0.3) is 5.69 Å². The van der Waals surface area contributed by atoms with Crippen LogP contribution < -0.4 is 10.1 Å². The zero-order valence-corrected chi connectivity index (χ0v) is 11.1. The van der Waals surface area contributed by atoms with Crippen molar-refractivity contribution in [2.24, 2.45) is 0 Å². The molecule has 4 nitrogen and oxygen atoms in total. The highest BCUT2D eigenvalue weighted by Crippen LogP contribution is 2.29. The lowest BCUT2D eigenvalue weighted by molar-refractivity contribution is -0.137. The van der Waals surface area contributed by atoms with Crippen molar-refractivity contribution in [3.05, 3.63) is 42.2 Å². The molecule has 1 unspecified atom stereocenters. The number of ether oxygens (including phenoxy) is 1. The van der Waals surface area contributed by atoms with Crippen LogP contribution >= 0.6 is 0 Å². The standard InChI is InChI=1S/C14H14F3N3O/c15-14(16,17)10-3-5-11(6-4-10)20-9-12(8-19-20)21-13-2-1-7-18-13/h3-6,8-9,13,18H,1-2,7H2. The summed E-state index contributed by atoms with van der Waals surface area (Å²) in [4.78, 5) is 0. The predicted molar refractivity (Wildman–Crippen MR) is 70.2 cm³/mol. The van der Waals surface area contributed by atoms with Crippen molar-refractivity contribution >= 4 is 0 Å². The second-order valence-electron chi connectivity index (χ2n) is 4.87. The molecule has 0 saturated carbocycles. The Labute approximate surface area is 119 Å². The van der Waals surface area contributed by atoms with Crippen molar-refractivity contribution in [1.82, 2.24) is 15.1 Å². The van der Waals surface area contributed by atoms with Crippen LogP contribution in [0.1, 0.15) is 18.4 Å². The Morgan fingerprint density at radius 3 is 2.62 bits per heavy atom. The second-order valence-corrected chi connectivity index (χ2v) is 4.87. The minimum atomic E-state index is -4.33. The molecule has 1 atom stereocenters. The van der Waals surface area contributed by atoms with E-state index in [4.69, 9.17) is 4.74 Å². The molecule has 112 valence electrons. The molecule has 0 radical (unpaired) electrons. The summed E-state index contributed by atoms with van der Waals surface area (Å²) in [6.45, 7) is 0.928. The number of nitrogens with one attached hydrogen (secondary N) is 1. The Kier molecular flexibility index (Phi) is 3.59. The fourth-order valence-electron chi connectivity index (χ4n) is 2.23. The molecule has 1 aliphatic rings. The van der Waals surface area contributed by atoms with Crippen LogP contribution in [0.3, 0.4) is 0 Å². The molecule has 2 aromatic rings. The van der Waals surface area contributed by atoms with Gasteiger partial charge in [-0.3, -0.25) is 5.32 Å². The Hall–Kier alpha value is -2.02. The first-order chi connectivity index (χ1) is 10.0. The maximum absolute atomic E-state index is 12.5. The first-order valence-corrected chi connectivity index (χ1v) is 6.65. The first-order valence-electron chi connectivity index (χ1n) is 6.65. The van der Waals surface area contributed by atoms with E-state index >= 15 is 0 Å². The van der Waals surface area contributed by atoms with Crippen molar-refractivity contribution < 1.29 is 17.9 Å². The molecule has 1 N–H and O–H groups in total. The average molecular weight is 297 g/mol. The van der Waals surface area contributed by atoms with Crippen LogP contribution in [0.15, 0.2) is 36.7 Å². The summed E-state index contributed by atoms with van der Waals surface area (Å²) in [6.07, 6.45) is 0.865. The molecule has 1 aromatic heterocycles. The maximum Gasteiger partial charge on any atom is 0.416 e. The molecule has 0 aliphatic carbocycles. The van der Waals surface area contributed by atoms with Crippen molar-refractivity contribution in [1.29, 1.82) is 0 Å². The lowest BCUT2D eigenvalue weighted by atomic mass is 10.2. The van der Waals surface area contributed by atoms with E-state index in [-0.39, 0.29) is 6.23 Å². The summed E-state index contributed by atoms with van der Waals surface area (Å²) in [5.41, 5.74) is -0.123. The molecular weight excluding hydrogens is 283 g/mol. The van der Waals surface area contributed by atoms with Crippen LogP contribution in [0.5, 0.6) is 5.75 Å². The van der Waals surface area contributed by atoms with Gasteiger partial charge in [-0.05, 0) is 43.7 Å². The van der Waals surface area contributed by atoms with Gasteiger partial charge in [0.1, 0.15) is 6.23 Å². The highest BCUT2D eigenvalue weighted by molar-refractivity contribution is 5.36. The second kappa shape index (κ2) is 5.40. The van der Waals surface area contributed by atoms with E-state index in [0.29, 0.717) is 11.4 Å². The van der Waals surface area contributed by atoms with Crippen molar-refractivity contribution in [2.75, 3.05) is 6.54 Å². The third-order valence-corrected chi connectivity index (χ3v) is 3.31. The number of hydrogen-bond donors (Lipinski definition) is 1. The first kappa shape index (κ1) is 13.9. The van der Waals surface area contributed by atoms with Crippen molar-refractivity contribution in [3.8, 4) is 11.4 Å². The molecule has 0 spiro atoms. The maximum atomic E-state index is 12.5. The predicted octanol–water partition coefficient (Wildman–Crippen LogP) is 2.98. The molecule has 1 fully saturated rings. The molecule has 1 aliphatic heterocycles. The largest absolute Gasteiger partial charge is 0.472 e. The Morgan fingerprint density at radius 1 is 1.24 bits per heavy atom. The third-order valence-electron chi connectivity index (χ3n) is 3.31. The van der Waals surface area contributed by atoms with E-state index in [2.05, 4.69) is 10.4 Å². The van der Waals surface area contributed by atoms with Gasteiger partial charge in [-0.2, -0.15) is 18.3 Å². The average Bonchev–Trinajstić information content (AvgIpc) is 3.10. The van der Waals surface area contributed by atoms with Gasteiger partial charge >= 0.3 is 6.18 Å². The van der Waals surface area contributed by atoms with Gasteiger partial charge in [0.05, 0.1) is 23.6 Å². The smallest absolute Gasteiger partial charge is 0.416 e. The SMILES string of the molecule is FC(F)(F)c1ccc(-n2cc(OC3CCCN3)cn2)cc1. The number of nitrogens with zero attached hydrogens (tertiary/aromatic N) is 2. The van der Waals surface area contributed by atoms with E-state index in [1.165, 1.54) is 16.8 Å². The van der Waals surface area contributed by atoms with Gasteiger partial charge in [-0.1, -0.05) is 0 Å². The lowest BCUT2D eigenvalue weighted by Gasteiger charge is -2.11. The highest BCUT2D eigenvalue weighted by Gasteiger charge is 2.30. The van der Waals surface area contributed by atoms with Gasteiger partial charge in [0, 0.05) is 0 Å². The molecule has 1 aromatic carbocycles. The summed E-state index contributed by atoms with van der Waals surface area (Å²) in [7, 11) is 0. The third kappa shape index (κ3) is 3.18. The number of hydrogen-bond acceptors (Lipinski definition) is 3. The fourth-order valence-corrected chi connectivity index (χ4v) is 2.23. The normalized spacial score (nSPS) is 18.9. The number of rotatable bonds is 3. The van der Waals surface area contributed by atoms with Crippen molar-refractivity contribution in [3.63, 3.8) is 0 Å². The van der Waals surface area contributed by atoms with E-state index in [0.717, 1.165) is 31.5 Å². The van der Waals surface area contributed by atoms with Crippen LogP contribution in [0.2, 0.25) is 0 Å². The molecule has 2 heterocycles. The lowest BCUT2D eigenvalue weighted by Crippen LogP contribution is -2.27. The summed E-state index contributed by atoms with van der Waals surface area (Å²) in [5.74, 6) is 0.592. The van der Waals surface area contributed by atoms with Crippen LogP contribution in [-0.2, 0) is 6.18 Å². The Morgan fingerprint density at radius 2 is 2.00 bits per heavy atom. The molecule has 3 rings (SSSR count). The summed E-state index contributed by atoms with van der Waals surface area (Å²) < 4.78 is 44.7. The molecular formula is C14H14F3N3O. The van der Waals surface area contributed by atoms with Gasteiger partial charge in [0.25, 0.3) is 0 Å². The van der Waals surface area contributed by atoms with E-state index in [9.17, 15) is 13.2 Å². The minimum absolute atomic E-state index is 0.0183. The number of halogens is 3. The van der Waals surface area contributed by atoms with E-state index in [1.807, 2.05) is 0 Å². The summed E-state index contributed by atoms with van der Waals surface area (Å²) >= 11 is 0. The van der Waals surface area contributed by atoms with Crippen LogP contribution in [0, 0.1) is 0 Å². The Bertz CT molecular complexity index is 601. The molecule has 21 heavy (non-hydrogen) atoms. The van der Waals surface area contributed by atoms with Gasteiger partial charge in [0.2, 0.25) is 0 Å². The van der Waals surface area contributed by atoms with Crippen LogP contribution in [-0.4, -0.2) is 22.6 Å². The fraction of sp³-hybridized carbons (Fsp3) is 0.357. The quantitative estimate of drug-likeness (QED) is 0.946. The minimum Gasteiger partial charge on any atom is -0.472 e.